The molecule has 124 valence electrons. The van der Waals surface area contributed by atoms with Crippen molar-refractivity contribution in [3.63, 3.8) is 0 Å². The molecule has 5 rings (SSSR count). The molecule has 0 amide bonds. The van der Waals surface area contributed by atoms with Gasteiger partial charge in [-0.15, -0.1) is 11.3 Å². The number of fused-ring (bicyclic) bond motifs is 5. The van der Waals surface area contributed by atoms with Gasteiger partial charge in [0.1, 0.15) is 0 Å². The number of hydrogen-bond acceptors (Lipinski definition) is 3. The lowest BCUT2D eigenvalue weighted by molar-refractivity contribution is -0.384. The van der Waals surface area contributed by atoms with Gasteiger partial charge in [-0.2, -0.15) is 0 Å². The van der Waals surface area contributed by atoms with Crippen LogP contribution in [0.5, 0.6) is 0 Å². The summed E-state index contributed by atoms with van der Waals surface area (Å²) in [7, 11) is 0. The van der Waals surface area contributed by atoms with Crippen molar-refractivity contribution in [1.82, 2.24) is 0 Å². The maximum absolute atomic E-state index is 11.4. The lowest BCUT2D eigenvalue weighted by Crippen LogP contribution is -1.91. The molecule has 0 fully saturated rings. The number of nitrogens with zero attached hydrogens (tertiary/aromatic N) is 1. The Balaban J connectivity index is 1.84. The molecule has 0 saturated carbocycles. The van der Waals surface area contributed by atoms with Crippen molar-refractivity contribution in [2.24, 2.45) is 0 Å². The largest absolute Gasteiger partial charge is 0.277 e. The van der Waals surface area contributed by atoms with E-state index in [1.165, 1.54) is 20.2 Å². The molecule has 0 radical (unpaired) electrons. The van der Waals surface area contributed by atoms with Crippen LogP contribution in [0.3, 0.4) is 0 Å². The van der Waals surface area contributed by atoms with E-state index >= 15 is 0 Å². The van der Waals surface area contributed by atoms with E-state index in [0.717, 1.165) is 16.3 Å². The molecular weight excluding hydrogens is 342 g/mol. The summed E-state index contributed by atoms with van der Waals surface area (Å²) in [5.41, 5.74) is 1.66. The summed E-state index contributed by atoms with van der Waals surface area (Å²) >= 11 is 1.77. The topological polar surface area (TPSA) is 43.1 Å². The van der Waals surface area contributed by atoms with Crippen LogP contribution in [0.25, 0.3) is 42.1 Å². The van der Waals surface area contributed by atoms with Gasteiger partial charge in [0.05, 0.1) is 10.5 Å². The van der Waals surface area contributed by atoms with Gasteiger partial charge in [-0.1, -0.05) is 54.6 Å². The van der Waals surface area contributed by atoms with E-state index in [2.05, 4.69) is 42.5 Å². The SMILES string of the molecule is O=[N+]([O-])c1ccccc1-c1ccc2ccc3c4ccccc4sc3c2c1. The molecular formula is C22H13NO2S. The van der Waals surface area contributed by atoms with Gasteiger partial charge in [-0.3, -0.25) is 10.1 Å². The minimum atomic E-state index is -0.320. The molecule has 4 aromatic carbocycles. The van der Waals surface area contributed by atoms with Gasteiger partial charge in [-0.25, -0.2) is 0 Å². The van der Waals surface area contributed by atoms with Crippen LogP contribution in [0.15, 0.2) is 78.9 Å². The zero-order valence-electron chi connectivity index (χ0n) is 13.7. The van der Waals surface area contributed by atoms with Gasteiger partial charge in [0.15, 0.2) is 0 Å². The molecule has 5 aromatic rings. The number of para-hydroxylation sites is 1. The summed E-state index contributed by atoms with van der Waals surface area (Å²) in [5, 5.41) is 16.2. The molecule has 1 heterocycles. The van der Waals surface area contributed by atoms with Crippen LogP contribution in [0, 0.1) is 10.1 Å². The zero-order valence-corrected chi connectivity index (χ0v) is 14.5. The first-order valence-corrected chi connectivity index (χ1v) is 9.12. The highest BCUT2D eigenvalue weighted by molar-refractivity contribution is 7.26. The van der Waals surface area contributed by atoms with Gasteiger partial charge >= 0.3 is 0 Å². The molecule has 0 saturated heterocycles. The first-order chi connectivity index (χ1) is 12.7. The quantitative estimate of drug-likeness (QED) is 0.259. The predicted octanol–water partition coefficient (Wildman–Crippen LogP) is 6.78. The fourth-order valence-corrected chi connectivity index (χ4v) is 4.78. The maximum atomic E-state index is 11.4. The highest BCUT2D eigenvalue weighted by Crippen LogP contribution is 2.40. The summed E-state index contributed by atoms with van der Waals surface area (Å²) < 4.78 is 2.48. The summed E-state index contributed by atoms with van der Waals surface area (Å²) in [6, 6.07) is 25.7. The van der Waals surface area contributed by atoms with Gasteiger partial charge in [0.25, 0.3) is 5.69 Å². The second-order valence-corrected chi connectivity index (χ2v) is 7.30. The number of thiophene rings is 1. The van der Waals surface area contributed by atoms with Gasteiger partial charge in [-0.05, 0) is 29.1 Å². The smallest absolute Gasteiger partial charge is 0.258 e. The van der Waals surface area contributed by atoms with E-state index in [-0.39, 0.29) is 10.6 Å². The third kappa shape index (κ3) is 2.20. The number of benzene rings is 4. The summed E-state index contributed by atoms with van der Waals surface area (Å²) in [6.07, 6.45) is 0. The fraction of sp³-hybridized carbons (Fsp3) is 0. The Labute approximate surface area is 153 Å². The average molecular weight is 355 g/mol. The Bertz CT molecular complexity index is 1320. The number of rotatable bonds is 2. The minimum absolute atomic E-state index is 0.135. The normalized spacial score (nSPS) is 11.4. The van der Waals surface area contributed by atoms with Crippen LogP contribution in [0.4, 0.5) is 5.69 Å². The molecule has 0 spiro atoms. The molecule has 4 heteroatoms. The first kappa shape index (κ1) is 15.0. The van der Waals surface area contributed by atoms with E-state index in [4.69, 9.17) is 0 Å². The van der Waals surface area contributed by atoms with Crippen molar-refractivity contribution in [3.05, 3.63) is 89.0 Å². The molecule has 26 heavy (non-hydrogen) atoms. The van der Waals surface area contributed by atoms with Crippen molar-refractivity contribution in [2.45, 2.75) is 0 Å². The molecule has 0 aliphatic heterocycles. The second-order valence-electron chi connectivity index (χ2n) is 6.25. The number of nitro groups is 1. The van der Waals surface area contributed by atoms with Crippen LogP contribution in [-0.4, -0.2) is 4.92 Å². The van der Waals surface area contributed by atoms with Crippen LogP contribution in [-0.2, 0) is 0 Å². The molecule has 0 aliphatic carbocycles. The Kier molecular flexibility index (Phi) is 3.27. The van der Waals surface area contributed by atoms with Gasteiger partial charge < -0.3 is 0 Å². The minimum Gasteiger partial charge on any atom is -0.258 e. The Morgan fingerprint density at radius 1 is 0.769 bits per heavy atom. The lowest BCUT2D eigenvalue weighted by Gasteiger charge is -2.06. The van der Waals surface area contributed by atoms with Gasteiger partial charge in [0.2, 0.25) is 0 Å². The van der Waals surface area contributed by atoms with E-state index < -0.39 is 0 Å². The molecule has 0 bridgehead atoms. The van der Waals surface area contributed by atoms with Crippen LogP contribution >= 0.6 is 11.3 Å². The monoisotopic (exact) mass is 355 g/mol. The van der Waals surface area contributed by atoms with E-state index in [0.29, 0.717) is 5.56 Å². The van der Waals surface area contributed by atoms with Crippen LogP contribution < -0.4 is 0 Å². The molecule has 0 unspecified atom stereocenters. The number of hydrogen-bond donors (Lipinski definition) is 0. The Hall–Kier alpha value is -3.24. The fourth-order valence-electron chi connectivity index (χ4n) is 3.55. The zero-order chi connectivity index (χ0) is 17.7. The molecule has 3 nitrogen and oxygen atoms in total. The van der Waals surface area contributed by atoms with Crippen LogP contribution in [0.2, 0.25) is 0 Å². The van der Waals surface area contributed by atoms with E-state index in [1.54, 1.807) is 23.5 Å². The number of nitro benzene ring substituents is 1. The highest BCUT2D eigenvalue weighted by Gasteiger charge is 2.15. The van der Waals surface area contributed by atoms with Gasteiger partial charge in [0, 0.05) is 31.6 Å². The average Bonchev–Trinajstić information content (AvgIpc) is 3.07. The maximum Gasteiger partial charge on any atom is 0.277 e. The highest BCUT2D eigenvalue weighted by atomic mass is 32.1. The Morgan fingerprint density at radius 2 is 1.54 bits per heavy atom. The summed E-state index contributed by atoms with van der Waals surface area (Å²) in [4.78, 5) is 11.1. The molecule has 1 aromatic heterocycles. The van der Waals surface area contributed by atoms with Crippen molar-refractivity contribution >= 4 is 48.0 Å². The second kappa shape index (κ2) is 5.64. The van der Waals surface area contributed by atoms with E-state index in [1.807, 2.05) is 24.3 Å². The predicted molar refractivity (Wildman–Crippen MR) is 109 cm³/mol. The third-order valence-corrected chi connectivity index (χ3v) is 5.99. The molecule has 0 atom stereocenters. The third-order valence-electron chi connectivity index (χ3n) is 4.77. The standard InChI is InChI=1S/C22H13NO2S/c24-23(25)20-7-3-1-5-16(20)15-10-9-14-11-12-18-17-6-2-4-8-21(17)26-22(18)19(14)13-15/h1-13H. The summed E-state index contributed by atoms with van der Waals surface area (Å²) in [6.45, 7) is 0. The van der Waals surface area contributed by atoms with Crippen molar-refractivity contribution in [1.29, 1.82) is 0 Å². The lowest BCUT2D eigenvalue weighted by atomic mass is 9.99. The Morgan fingerprint density at radius 3 is 2.42 bits per heavy atom. The first-order valence-electron chi connectivity index (χ1n) is 8.30. The van der Waals surface area contributed by atoms with Crippen LogP contribution in [0.1, 0.15) is 0 Å². The van der Waals surface area contributed by atoms with E-state index in [9.17, 15) is 10.1 Å². The summed E-state index contributed by atoms with van der Waals surface area (Å²) in [5.74, 6) is 0. The molecule has 0 aliphatic rings. The van der Waals surface area contributed by atoms with Crippen molar-refractivity contribution in [2.75, 3.05) is 0 Å². The molecule has 0 N–H and O–H groups in total. The van der Waals surface area contributed by atoms with Crippen molar-refractivity contribution < 1.29 is 4.92 Å². The van der Waals surface area contributed by atoms with Crippen molar-refractivity contribution in [3.8, 4) is 11.1 Å².